The van der Waals surface area contributed by atoms with E-state index >= 15 is 0 Å². The molecule has 0 heterocycles. The number of aliphatic carboxylic acids is 1. The van der Waals surface area contributed by atoms with E-state index < -0.39 is 11.9 Å². The first kappa shape index (κ1) is 21.0. The Labute approximate surface area is 183 Å². The Kier molecular flexibility index (Phi) is 6.56. The van der Waals surface area contributed by atoms with Crippen LogP contribution in [0.25, 0.3) is 11.1 Å². The lowest BCUT2D eigenvalue weighted by Crippen LogP contribution is -2.37. The molecule has 0 spiro atoms. The van der Waals surface area contributed by atoms with Crippen molar-refractivity contribution in [3.63, 3.8) is 0 Å². The second-order valence-corrected chi connectivity index (χ2v) is 8.34. The Morgan fingerprint density at radius 2 is 1.74 bits per heavy atom. The van der Waals surface area contributed by atoms with E-state index in [2.05, 4.69) is 18.2 Å². The third-order valence-electron chi connectivity index (χ3n) is 5.81. The van der Waals surface area contributed by atoms with Gasteiger partial charge in [-0.2, -0.15) is 0 Å². The minimum absolute atomic E-state index is 0.209. The van der Waals surface area contributed by atoms with Crippen molar-refractivity contribution >= 4 is 5.97 Å². The lowest BCUT2D eigenvalue weighted by Gasteiger charge is -2.35. The third-order valence-corrected chi connectivity index (χ3v) is 5.81. The molecular formula is C27H28O4. The molecule has 31 heavy (non-hydrogen) atoms. The number of benzene rings is 3. The van der Waals surface area contributed by atoms with Crippen molar-refractivity contribution in [1.82, 2.24) is 0 Å². The van der Waals surface area contributed by atoms with Gasteiger partial charge >= 0.3 is 5.97 Å². The van der Waals surface area contributed by atoms with Gasteiger partial charge in [0.05, 0.1) is 18.6 Å². The van der Waals surface area contributed by atoms with Crippen LogP contribution in [0.1, 0.15) is 25.3 Å². The van der Waals surface area contributed by atoms with Crippen LogP contribution in [-0.2, 0) is 11.2 Å². The van der Waals surface area contributed by atoms with Crippen LogP contribution in [0.15, 0.2) is 78.9 Å². The predicted molar refractivity (Wildman–Crippen MR) is 121 cm³/mol. The molecule has 1 fully saturated rings. The normalized spacial score (nSPS) is 18.6. The standard InChI is InChI=1S/C27H28O4/c1-19(27(28)29)14-20-8-7-11-23(15-20)30-18-21-16-24(17-21)31-26-13-6-5-12-25(26)22-9-3-2-4-10-22/h2-13,15,19,21,24H,14,16-18H2,1H3,(H,28,29). The van der Waals surface area contributed by atoms with E-state index in [9.17, 15) is 4.79 Å². The smallest absolute Gasteiger partial charge is 0.306 e. The van der Waals surface area contributed by atoms with Crippen LogP contribution in [0.3, 0.4) is 0 Å². The minimum atomic E-state index is -0.777. The van der Waals surface area contributed by atoms with Crippen molar-refractivity contribution < 1.29 is 19.4 Å². The van der Waals surface area contributed by atoms with Crippen molar-refractivity contribution in [2.24, 2.45) is 11.8 Å². The fraction of sp³-hybridized carbons (Fsp3) is 0.296. The summed E-state index contributed by atoms with van der Waals surface area (Å²) in [5.74, 6) is 1.02. The molecule has 0 aliphatic heterocycles. The summed E-state index contributed by atoms with van der Waals surface area (Å²) in [4.78, 5) is 11.1. The molecule has 0 saturated heterocycles. The van der Waals surface area contributed by atoms with Gasteiger partial charge in [-0.05, 0) is 54.5 Å². The van der Waals surface area contributed by atoms with Crippen LogP contribution >= 0.6 is 0 Å². The second-order valence-electron chi connectivity index (χ2n) is 8.34. The van der Waals surface area contributed by atoms with Gasteiger partial charge in [0.15, 0.2) is 0 Å². The van der Waals surface area contributed by atoms with E-state index in [1.165, 1.54) is 0 Å². The Morgan fingerprint density at radius 3 is 2.52 bits per heavy atom. The van der Waals surface area contributed by atoms with Gasteiger partial charge in [-0.3, -0.25) is 4.79 Å². The van der Waals surface area contributed by atoms with Crippen molar-refractivity contribution in [2.75, 3.05) is 6.61 Å². The van der Waals surface area contributed by atoms with Crippen LogP contribution < -0.4 is 9.47 Å². The molecular weight excluding hydrogens is 388 g/mol. The predicted octanol–water partition coefficient (Wildman–Crippen LogP) is 5.85. The van der Waals surface area contributed by atoms with Gasteiger partial charge in [-0.15, -0.1) is 0 Å². The highest BCUT2D eigenvalue weighted by molar-refractivity contribution is 5.70. The lowest BCUT2D eigenvalue weighted by atomic mass is 9.83. The quantitative estimate of drug-likeness (QED) is 0.475. The first-order valence-corrected chi connectivity index (χ1v) is 10.8. The van der Waals surface area contributed by atoms with Crippen LogP contribution in [0.5, 0.6) is 11.5 Å². The molecule has 1 aliphatic rings. The van der Waals surface area contributed by atoms with E-state index in [0.29, 0.717) is 18.9 Å². The maximum Gasteiger partial charge on any atom is 0.306 e. The average Bonchev–Trinajstić information content (AvgIpc) is 2.76. The van der Waals surface area contributed by atoms with E-state index in [-0.39, 0.29) is 6.10 Å². The molecule has 1 saturated carbocycles. The molecule has 0 bridgehead atoms. The number of carboxylic acid groups (broad SMARTS) is 1. The number of ether oxygens (including phenoxy) is 2. The zero-order valence-corrected chi connectivity index (χ0v) is 17.7. The van der Waals surface area contributed by atoms with Crippen molar-refractivity contribution in [3.8, 4) is 22.6 Å². The number of hydrogen-bond acceptors (Lipinski definition) is 3. The van der Waals surface area contributed by atoms with Crippen LogP contribution in [0.2, 0.25) is 0 Å². The molecule has 1 unspecified atom stereocenters. The summed E-state index contributed by atoms with van der Waals surface area (Å²) < 4.78 is 12.3. The van der Waals surface area contributed by atoms with Gasteiger partial charge in [0.1, 0.15) is 11.5 Å². The summed E-state index contributed by atoms with van der Waals surface area (Å²) in [5, 5.41) is 9.10. The largest absolute Gasteiger partial charge is 0.493 e. The number of carboxylic acids is 1. The number of para-hydroxylation sites is 1. The SMILES string of the molecule is CC(Cc1cccc(OCC2CC(Oc3ccccc3-c3ccccc3)C2)c1)C(=O)O. The molecule has 0 aromatic heterocycles. The Morgan fingerprint density at radius 1 is 1.00 bits per heavy atom. The topological polar surface area (TPSA) is 55.8 Å². The van der Waals surface area contributed by atoms with Crippen molar-refractivity contribution in [3.05, 3.63) is 84.4 Å². The van der Waals surface area contributed by atoms with Crippen LogP contribution in [0, 0.1) is 11.8 Å². The lowest BCUT2D eigenvalue weighted by molar-refractivity contribution is -0.141. The Hall–Kier alpha value is -3.27. The maximum absolute atomic E-state index is 11.1. The van der Waals surface area contributed by atoms with Gasteiger partial charge in [0, 0.05) is 5.56 Å². The zero-order valence-electron chi connectivity index (χ0n) is 17.7. The Balaban J connectivity index is 1.27. The minimum Gasteiger partial charge on any atom is -0.493 e. The number of rotatable bonds is 9. The molecule has 3 aromatic rings. The fourth-order valence-electron chi connectivity index (χ4n) is 3.93. The molecule has 4 nitrogen and oxygen atoms in total. The molecule has 0 amide bonds. The summed E-state index contributed by atoms with van der Waals surface area (Å²) in [5.41, 5.74) is 3.27. The summed E-state index contributed by atoms with van der Waals surface area (Å²) in [6.07, 6.45) is 2.66. The Bertz CT molecular complexity index is 1010. The molecule has 1 aliphatic carbocycles. The van der Waals surface area contributed by atoms with Gasteiger partial charge in [0.2, 0.25) is 0 Å². The molecule has 3 aromatic carbocycles. The van der Waals surface area contributed by atoms with Crippen molar-refractivity contribution in [2.45, 2.75) is 32.3 Å². The second kappa shape index (κ2) is 9.69. The highest BCUT2D eigenvalue weighted by Crippen LogP contribution is 2.36. The highest BCUT2D eigenvalue weighted by Gasteiger charge is 2.32. The maximum atomic E-state index is 11.1. The van der Waals surface area contributed by atoms with Gasteiger partial charge < -0.3 is 14.6 Å². The first-order chi connectivity index (χ1) is 15.1. The molecule has 4 rings (SSSR count). The van der Waals surface area contributed by atoms with E-state index in [1.807, 2.05) is 60.7 Å². The summed E-state index contributed by atoms with van der Waals surface area (Å²) in [7, 11) is 0. The van der Waals surface area contributed by atoms with E-state index in [0.717, 1.165) is 41.0 Å². The number of carbonyl (C=O) groups is 1. The first-order valence-electron chi connectivity index (χ1n) is 10.8. The van der Waals surface area contributed by atoms with Gasteiger partial charge in [-0.1, -0.05) is 67.6 Å². The molecule has 160 valence electrons. The molecule has 1 atom stereocenters. The van der Waals surface area contributed by atoms with Crippen LogP contribution in [0.4, 0.5) is 0 Å². The van der Waals surface area contributed by atoms with E-state index in [1.54, 1.807) is 6.92 Å². The monoisotopic (exact) mass is 416 g/mol. The fourth-order valence-corrected chi connectivity index (χ4v) is 3.93. The molecule has 4 heteroatoms. The van der Waals surface area contributed by atoms with E-state index in [4.69, 9.17) is 14.6 Å². The van der Waals surface area contributed by atoms with Crippen LogP contribution in [-0.4, -0.2) is 23.8 Å². The summed E-state index contributed by atoms with van der Waals surface area (Å²) in [6.45, 7) is 2.37. The molecule has 0 radical (unpaired) electrons. The zero-order chi connectivity index (χ0) is 21.6. The van der Waals surface area contributed by atoms with Crippen molar-refractivity contribution in [1.29, 1.82) is 0 Å². The highest BCUT2D eigenvalue weighted by atomic mass is 16.5. The number of hydrogen-bond donors (Lipinski definition) is 1. The average molecular weight is 417 g/mol. The third kappa shape index (κ3) is 5.46. The van der Waals surface area contributed by atoms with Gasteiger partial charge in [0.25, 0.3) is 0 Å². The molecule has 1 N–H and O–H groups in total. The summed E-state index contributed by atoms with van der Waals surface area (Å²) in [6, 6.07) is 26.2. The van der Waals surface area contributed by atoms with Gasteiger partial charge in [-0.25, -0.2) is 0 Å². The summed E-state index contributed by atoms with van der Waals surface area (Å²) >= 11 is 0.